The first-order chi connectivity index (χ1) is 15.1. The lowest BCUT2D eigenvalue weighted by Gasteiger charge is -2.45. The summed E-state index contributed by atoms with van der Waals surface area (Å²) < 4.78 is 10.7. The van der Waals surface area contributed by atoms with Gasteiger partial charge in [-0.1, -0.05) is 55.4 Å². The molecular weight excluding hydrogens is 416 g/mol. The zero-order valence-corrected chi connectivity index (χ0v) is 22.6. The Morgan fingerprint density at radius 1 is 0.758 bits per heavy atom. The SMILES string of the molecule is CC1CC(C)(C)CC(C)(CNC(=O)OCCCCOC(=O)NC2CC(C)(C)CC(C)(C)C2)C1. The predicted octanol–water partition coefficient (Wildman–Crippen LogP) is 6.68. The molecule has 0 saturated heterocycles. The Kier molecular flexibility index (Phi) is 9.14. The first-order valence-electron chi connectivity index (χ1n) is 12.9. The lowest BCUT2D eigenvalue weighted by molar-refractivity contribution is 0.0578. The van der Waals surface area contributed by atoms with Gasteiger partial charge >= 0.3 is 12.2 Å². The Morgan fingerprint density at radius 3 is 1.82 bits per heavy atom. The Morgan fingerprint density at radius 2 is 1.27 bits per heavy atom. The zero-order valence-electron chi connectivity index (χ0n) is 22.6. The van der Waals surface area contributed by atoms with Gasteiger partial charge in [-0.3, -0.25) is 0 Å². The van der Waals surface area contributed by atoms with Crippen LogP contribution in [0.25, 0.3) is 0 Å². The van der Waals surface area contributed by atoms with Crippen LogP contribution in [0.2, 0.25) is 0 Å². The number of carbonyl (C=O) groups is 2. The number of hydrogen-bond donors (Lipinski definition) is 2. The van der Waals surface area contributed by atoms with Gasteiger partial charge in [0.2, 0.25) is 0 Å². The van der Waals surface area contributed by atoms with E-state index in [9.17, 15) is 9.59 Å². The quantitative estimate of drug-likeness (QED) is 0.391. The molecule has 0 aromatic rings. The molecule has 2 rings (SSSR count). The van der Waals surface area contributed by atoms with Crippen molar-refractivity contribution in [3.63, 3.8) is 0 Å². The second-order valence-electron chi connectivity index (χ2n) is 13.8. The summed E-state index contributed by atoms with van der Waals surface area (Å²) in [6.45, 7) is 19.6. The van der Waals surface area contributed by atoms with Crippen LogP contribution in [0, 0.1) is 27.6 Å². The predicted molar refractivity (Wildman–Crippen MR) is 133 cm³/mol. The van der Waals surface area contributed by atoms with E-state index in [-0.39, 0.29) is 34.5 Å². The van der Waals surface area contributed by atoms with Crippen molar-refractivity contribution >= 4 is 12.2 Å². The Balaban J connectivity index is 1.56. The third-order valence-electron chi connectivity index (χ3n) is 7.19. The van der Waals surface area contributed by atoms with E-state index in [1.165, 1.54) is 6.42 Å². The zero-order chi connectivity index (χ0) is 24.9. The van der Waals surface area contributed by atoms with Gasteiger partial charge in [-0.15, -0.1) is 0 Å². The van der Waals surface area contributed by atoms with Gasteiger partial charge in [0.1, 0.15) is 0 Å². The monoisotopic (exact) mass is 466 g/mol. The molecular formula is C27H50N2O4. The summed E-state index contributed by atoms with van der Waals surface area (Å²) in [5.74, 6) is 0.671. The van der Waals surface area contributed by atoms with E-state index in [2.05, 4.69) is 66.0 Å². The van der Waals surface area contributed by atoms with Gasteiger partial charge in [0, 0.05) is 12.6 Å². The molecule has 0 spiro atoms. The lowest BCUT2D eigenvalue weighted by atomic mass is 9.61. The maximum atomic E-state index is 12.2. The molecule has 6 heteroatoms. The molecule has 33 heavy (non-hydrogen) atoms. The van der Waals surface area contributed by atoms with Crippen molar-refractivity contribution in [2.45, 2.75) is 113 Å². The summed E-state index contributed by atoms with van der Waals surface area (Å²) in [6, 6.07) is 0.155. The van der Waals surface area contributed by atoms with Crippen molar-refractivity contribution in [3.8, 4) is 0 Å². The smallest absolute Gasteiger partial charge is 0.407 e. The summed E-state index contributed by atoms with van der Waals surface area (Å²) in [5.41, 5.74) is 0.874. The van der Waals surface area contributed by atoms with Gasteiger partial charge in [-0.2, -0.15) is 0 Å². The van der Waals surface area contributed by atoms with Crippen LogP contribution in [0.4, 0.5) is 9.59 Å². The molecule has 2 atom stereocenters. The second kappa shape index (κ2) is 10.9. The summed E-state index contributed by atoms with van der Waals surface area (Å²) in [4.78, 5) is 24.3. The van der Waals surface area contributed by atoms with Crippen LogP contribution in [0.5, 0.6) is 0 Å². The van der Waals surface area contributed by atoms with E-state index in [4.69, 9.17) is 9.47 Å². The number of hydrogen-bond acceptors (Lipinski definition) is 4. The van der Waals surface area contributed by atoms with E-state index in [0.29, 0.717) is 43.9 Å². The minimum absolute atomic E-state index is 0.115. The molecule has 0 bridgehead atoms. The number of unbranched alkanes of at least 4 members (excludes halogenated alkanes) is 1. The standard InChI is InChI=1S/C27H50N2O4/c1-20-13-24(2,3)18-27(8,14-20)19-28-22(30)32-11-9-10-12-33-23(31)29-21-15-25(4,5)17-26(6,7)16-21/h20-21H,9-19H2,1-8H3,(H,28,30)(H,29,31). The minimum atomic E-state index is -0.353. The highest BCUT2D eigenvalue weighted by Gasteiger charge is 2.40. The minimum Gasteiger partial charge on any atom is -0.450 e. The van der Waals surface area contributed by atoms with Crippen LogP contribution in [-0.2, 0) is 9.47 Å². The number of rotatable bonds is 8. The molecule has 192 valence electrons. The van der Waals surface area contributed by atoms with Crippen molar-refractivity contribution in [1.29, 1.82) is 0 Å². The lowest BCUT2D eigenvalue weighted by Crippen LogP contribution is -2.46. The molecule has 0 aliphatic heterocycles. The third kappa shape index (κ3) is 10.1. The number of amides is 2. The Hall–Kier alpha value is -1.46. The first-order valence-corrected chi connectivity index (χ1v) is 12.9. The van der Waals surface area contributed by atoms with Gasteiger partial charge in [0.25, 0.3) is 0 Å². The number of nitrogens with one attached hydrogen (secondary N) is 2. The molecule has 0 radical (unpaired) electrons. The van der Waals surface area contributed by atoms with Gasteiger partial charge in [-0.05, 0) is 78.9 Å². The van der Waals surface area contributed by atoms with Crippen LogP contribution in [-0.4, -0.2) is 38.0 Å². The molecule has 0 aromatic heterocycles. The fourth-order valence-corrected chi connectivity index (χ4v) is 7.32. The molecule has 0 heterocycles. The molecule has 2 aliphatic rings. The molecule has 2 aliphatic carbocycles. The average Bonchev–Trinajstić information content (AvgIpc) is 2.58. The first kappa shape index (κ1) is 27.8. The molecule has 6 nitrogen and oxygen atoms in total. The number of ether oxygens (including phenoxy) is 2. The summed E-state index contributed by atoms with van der Waals surface area (Å²) in [6.07, 6.45) is 7.25. The van der Waals surface area contributed by atoms with Crippen LogP contribution in [0.3, 0.4) is 0 Å². The van der Waals surface area contributed by atoms with Crippen LogP contribution in [0.1, 0.15) is 107 Å². The largest absolute Gasteiger partial charge is 0.450 e. The van der Waals surface area contributed by atoms with Crippen molar-refractivity contribution in [2.75, 3.05) is 19.8 Å². The average molecular weight is 467 g/mol. The molecule has 2 unspecified atom stereocenters. The molecule has 2 amide bonds. The number of alkyl carbamates (subject to hydrolysis) is 2. The van der Waals surface area contributed by atoms with Gasteiger partial charge < -0.3 is 20.1 Å². The van der Waals surface area contributed by atoms with E-state index in [1.54, 1.807) is 0 Å². The highest BCUT2D eigenvalue weighted by atomic mass is 16.6. The van der Waals surface area contributed by atoms with E-state index >= 15 is 0 Å². The fourth-order valence-electron chi connectivity index (χ4n) is 7.32. The Bertz CT molecular complexity index is 657. The van der Waals surface area contributed by atoms with Gasteiger partial charge in [0.05, 0.1) is 13.2 Å². The molecule has 2 saturated carbocycles. The van der Waals surface area contributed by atoms with Gasteiger partial charge in [-0.25, -0.2) is 9.59 Å². The van der Waals surface area contributed by atoms with Crippen LogP contribution in [0.15, 0.2) is 0 Å². The van der Waals surface area contributed by atoms with Crippen molar-refractivity contribution in [1.82, 2.24) is 10.6 Å². The second-order valence-corrected chi connectivity index (χ2v) is 13.8. The summed E-state index contributed by atoms with van der Waals surface area (Å²) in [7, 11) is 0. The maximum absolute atomic E-state index is 12.2. The highest BCUT2D eigenvalue weighted by Crippen LogP contribution is 2.48. The molecule has 2 N–H and O–H groups in total. The normalized spacial score (nSPS) is 28.5. The number of carbonyl (C=O) groups excluding carboxylic acids is 2. The summed E-state index contributed by atoms with van der Waals surface area (Å²) >= 11 is 0. The van der Waals surface area contributed by atoms with Crippen molar-refractivity contribution < 1.29 is 19.1 Å². The topological polar surface area (TPSA) is 76.7 Å². The van der Waals surface area contributed by atoms with E-state index in [0.717, 1.165) is 32.1 Å². The fraction of sp³-hybridized carbons (Fsp3) is 0.926. The van der Waals surface area contributed by atoms with Gasteiger partial charge in [0.15, 0.2) is 0 Å². The third-order valence-corrected chi connectivity index (χ3v) is 7.19. The van der Waals surface area contributed by atoms with Crippen molar-refractivity contribution in [3.05, 3.63) is 0 Å². The highest BCUT2D eigenvalue weighted by molar-refractivity contribution is 5.67. The van der Waals surface area contributed by atoms with E-state index in [1.807, 2.05) is 0 Å². The van der Waals surface area contributed by atoms with E-state index < -0.39 is 0 Å². The molecule has 0 aromatic carbocycles. The van der Waals surface area contributed by atoms with Crippen molar-refractivity contribution in [2.24, 2.45) is 27.6 Å². The molecule has 2 fully saturated rings. The maximum Gasteiger partial charge on any atom is 0.407 e. The Labute approximate surface area is 202 Å². The summed E-state index contributed by atoms with van der Waals surface area (Å²) in [5, 5.41) is 6.01. The van der Waals surface area contributed by atoms with Crippen LogP contribution >= 0.6 is 0 Å². The van der Waals surface area contributed by atoms with Crippen LogP contribution < -0.4 is 10.6 Å².